The first kappa shape index (κ1) is 12.9. The third-order valence-electron chi connectivity index (χ3n) is 2.22. The second-order valence-corrected chi connectivity index (χ2v) is 3.39. The van der Waals surface area contributed by atoms with Crippen molar-refractivity contribution in [3.8, 4) is 0 Å². The maximum Gasteiger partial charge on any atom is 0.308 e. The van der Waals surface area contributed by atoms with Crippen molar-refractivity contribution in [3.63, 3.8) is 0 Å². The van der Waals surface area contributed by atoms with Crippen LogP contribution in [-0.4, -0.2) is 38.7 Å². The maximum atomic E-state index is 10.3. The molecule has 92 valence electrons. The number of esters is 2. The van der Waals surface area contributed by atoms with Crippen LogP contribution in [0.2, 0.25) is 0 Å². The summed E-state index contributed by atoms with van der Waals surface area (Å²) in [4.78, 5) is 20.6. The normalized spacial score (nSPS) is 28.1. The van der Waals surface area contributed by atoms with E-state index in [0.29, 0.717) is 25.7 Å². The lowest BCUT2D eigenvalue weighted by Gasteiger charge is -2.03. The zero-order valence-electron chi connectivity index (χ0n) is 9.43. The average Bonchev–Trinajstić information content (AvgIpc) is 2.88. The number of carbonyl (C=O) groups excluding carboxylic acids is 2. The van der Waals surface area contributed by atoms with Gasteiger partial charge in [-0.3, -0.25) is 9.59 Å². The average molecular weight is 232 g/mol. The fraction of sp³-hybridized carbons (Fsp3) is 0.800. The molecular formula is C10H16O6. The Bertz CT molecular complexity index is 226. The van der Waals surface area contributed by atoms with Crippen LogP contribution in [0.25, 0.3) is 0 Å². The highest BCUT2D eigenvalue weighted by atomic mass is 16.7. The Labute approximate surface area is 93.8 Å². The van der Waals surface area contributed by atoms with Crippen LogP contribution >= 0.6 is 0 Å². The lowest BCUT2D eigenvalue weighted by Crippen LogP contribution is -2.07. The summed E-state index contributed by atoms with van der Waals surface area (Å²) < 4.78 is 18.8. The number of rotatable bonds is 2. The first-order chi connectivity index (χ1) is 7.65. The smallest absolute Gasteiger partial charge is 0.308 e. The Hall–Kier alpha value is -1.14. The van der Waals surface area contributed by atoms with Gasteiger partial charge < -0.3 is 18.9 Å². The van der Waals surface area contributed by atoms with Crippen molar-refractivity contribution in [2.75, 3.05) is 14.2 Å². The molecule has 0 aliphatic carbocycles. The van der Waals surface area contributed by atoms with Gasteiger partial charge in [-0.2, -0.15) is 0 Å². The predicted molar refractivity (Wildman–Crippen MR) is 52.2 cm³/mol. The third kappa shape index (κ3) is 4.16. The predicted octanol–water partition coefficient (Wildman–Crippen LogP) is 0.592. The van der Waals surface area contributed by atoms with Crippen LogP contribution in [-0.2, 0) is 28.5 Å². The van der Waals surface area contributed by atoms with E-state index >= 15 is 0 Å². The van der Waals surface area contributed by atoms with E-state index < -0.39 is 0 Å². The summed E-state index contributed by atoms with van der Waals surface area (Å²) in [5.74, 6) is -0.311. The quantitative estimate of drug-likeness (QED) is 0.649. The summed E-state index contributed by atoms with van der Waals surface area (Å²) in [5, 5.41) is 0. The molecule has 2 unspecified atom stereocenters. The number of methoxy groups -OCH3 is 2. The monoisotopic (exact) mass is 232 g/mol. The van der Waals surface area contributed by atoms with Gasteiger partial charge in [-0.15, -0.1) is 0 Å². The summed E-state index contributed by atoms with van der Waals surface area (Å²) in [5.41, 5.74) is 0. The van der Waals surface area contributed by atoms with Crippen molar-refractivity contribution < 1.29 is 28.5 Å². The van der Waals surface area contributed by atoms with Crippen molar-refractivity contribution in [1.82, 2.24) is 0 Å². The standard InChI is InChI=1S/2C5H8O3/c2*1-7-5-3-2-4(6)8-5/h2*5H,2-3H2,1H3. The minimum absolute atomic E-state index is 0.156. The Morgan fingerprint density at radius 2 is 1.31 bits per heavy atom. The van der Waals surface area contributed by atoms with Gasteiger partial charge in [0.15, 0.2) is 0 Å². The molecule has 2 aliphatic rings. The van der Waals surface area contributed by atoms with Crippen LogP contribution in [0.5, 0.6) is 0 Å². The molecule has 2 saturated heterocycles. The van der Waals surface area contributed by atoms with Gasteiger partial charge in [0.1, 0.15) is 0 Å². The van der Waals surface area contributed by atoms with Gasteiger partial charge in [-0.05, 0) is 0 Å². The molecule has 0 spiro atoms. The van der Waals surface area contributed by atoms with Crippen LogP contribution in [0.4, 0.5) is 0 Å². The van der Waals surface area contributed by atoms with Crippen LogP contribution in [0.1, 0.15) is 25.7 Å². The molecule has 0 bridgehead atoms. The van der Waals surface area contributed by atoms with Crippen molar-refractivity contribution in [3.05, 3.63) is 0 Å². The fourth-order valence-corrected chi connectivity index (χ4v) is 1.33. The van der Waals surface area contributed by atoms with Crippen LogP contribution < -0.4 is 0 Å². The number of carbonyl (C=O) groups is 2. The molecule has 6 heteroatoms. The summed E-state index contributed by atoms with van der Waals surface area (Å²) in [6.07, 6.45) is 1.85. The highest BCUT2D eigenvalue weighted by Crippen LogP contribution is 2.13. The van der Waals surface area contributed by atoms with Gasteiger partial charge in [0, 0.05) is 27.1 Å². The largest absolute Gasteiger partial charge is 0.436 e. The molecule has 0 saturated carbocycles. The van der Waals surface area contributed by atoms with E-state index in [1.165, 1.54) is 14.2 Å². The molecule has 0 aromatic carbocycles. The molecule has 0 N–H and O–H groups in total. The molecule has 2 heterocycles. The molecule has 2 rings (SSSR count). The summed E-state index contributed by atoms with van der Waals surface area (Å²) >= 11 is 0. The molecule has 2 atom stereocenters. The van der Waals surface area contributed by atoms with E-state index in [2.05, 4.69) is 9.47 Å². The summed E-state index contributed by atoms with van der Waals surface area (Å²) in [6, 6.07) is 0. The van der Waals surface area contributed by atoms with Crippen molar-refractivity contribution in [2.45, 2.75) is 38.3 Å². The van der Waals surface area contributed by atoms with Gasteiger partial charge in [0.2, 0.25) is 12.6 Å². The Kier molecular flexibility index (Phi) is 5.21. The third-order valence-corrected chi connectivity index (χ3v) is 2.22. The van der Waals surface area contributed by atoms with E-state index in [9.17, 15) is 9.59 Å². The van der Waals surface area contributed by atoms with E-state index in [-0.39, 0.29) is 24.5 Å². The molecule has 2 fully saturated rings. The van der Waals surface area contributed by atoms with Gasteiger partial charge >= 0.3 is 11.9 Å². The summed E-state index contributed by atoms with van der Waals surface area (Å²) in [6.45, 7) is 0. The highest BCUT2D eigenvalue weighted by Gasteiger charge is 2.22. The molecule has 0 radical (unpaired) electrons. The van der Waals surface area contributed by atoms with E-state index in [0.717, 1.165) is 0 Å². The molecule has 0 aromatic heterocycles. The molecular weight excluding hydrogens is 216 g/mol. The molecule has 6 nitrogen and oxygen atoms in total. The minimum atomic E-state index is -0.275. The van der Waals surface area contributed by atoms with Crippen molar-refractivity contribution >= 4 is 11.9 Å². The minimum Gasteiger partial charge on any atom is -0.436 e. The number of hydrogen-bond acceptors (Lipinski definition) is 6. The number of cyclic esters (lactones) is 2. The SMILES string of the molecule is COC1CCC(=O)O1.COC1CCC(=O)O1. The van der Waals surface area contributed by atoms with E-state index in [1.807, 2.05) is 0 Å². The fourth-order valence-electron chi connectivity index (χ4n) is 1.33. The molecule has 0 aromatic rings. The first-order valence-corrected chi connectivity index (χ1v) is 5.10. The Morgan fingerprint density at radius 3 is 1.44 bits per heavy atom. The highest BCUT2D eigenvalue weighted by molar-refractivity contribution is 5.71. The zero-order valence-corrected chi connectivity index (χ0v) is 9.43. The Balaban J connectivity index is 0.000000160. The topological polar surface area (TPSA) is 71.1 Å². The lowest BCUT2D eigenvalue weighted by molar-refractivity contribution is -0.158. The van der Waals surface area contributed by atoms with Gasteiger partial charge in [0.25, 0.3) is 0 Å². The maximum absolute atomic E-state index is 10.3. The molecule has 16 heavy (non-hydrogen) atoms. The number of ether oxygens (including phenoxy) is 4. The second kappa shape index (κ2) is 6.44. The van der Waals surface area contributed by atoms with Gasteiger partial charge in [-0.1, -0.05) is 0 Å². The Morgan fingerprint density at radius 1 is 0.938 bits per heavy atom. The molecule has 2 aliphatic heterocycles. The zero-order chi connectivity index (χ0) is 12.0. The van der Waals surface area contributed by atoms with Crippen LogP contribution in [0.3, 0.4) is 0 Å². The van der Waals surface area contributed by atoms with Gasteiger partial charge in [-0.25, -0.2) is 0 Å². The van der Waals surface area contributed by atoms with Crippen molar-refractivity contribution in [1.29, 1.82) is 0 Å². The van der Waals surface area contributed by atoms with Gasteiger partial charge in [0.05, 0.1) is 12.8 Å². The van der Waals surface area contributed by atoms with E-state index in [4.69, 9.17) is 9.47 Å². The van der Waals surface area contributed by atoms with E-state index in [1.54, 1.807) is 0 Å². The lowest BCUT2D eigenvalue weighted by atomic mass is 10.4. The number of hydrogen-bond donors (Lipinski definition) is 0. The van der Waals surface area contributed by atoms with Crippen LogP contribution in [0.15, 0.2) is 0 Å². The summed E-state index contributed by atoms with van der Waals surface area (Å²) in [7, 11) is 3.06. The van der Waals surface area contributed by atoms with Crippen molar-refractivity contribution in [2.24, 2.45) is 0 Å². The van der Waals surface area contributed by atoms with Crippen LogP contribution in [0, 0.1) is 0 Å². The first-order valence-electron chi connectivity index (χ1n) is 5.10. The molecule has 0 amide bonds. The second-order valence-electron chi connectivity index (χ2n) is 3.39.